The molecular formula is C10H11F3N2O2. The summed E-state index contributed by atoms with van der Waals surface area (Å²) in [5.74, 6) is -7.24. The molecule has 0 aliphatic carbocycles. The van der Waals surface area contributed by atoms with Crippen LogP contribution in [0.4, 0.5) is 13.2 Å². The minimum atomic E-state index is -1.73. The van der Waals surface area contributed by atoms with Crippen molar-refractivity contribution in [1.82, 2.24) is 5.32 Å². The van der Waals surface area contributed by atoms with Crippen molar-refractivity contribution in [3.63, 3.8) is 0 Å². The Balaban J connectivity index is 3.11. The maximum Gasteiger partial charge on any atom is 0.254 e. The predicted octanol–water partition coefficient (Wildman–Crippen LogP) is 0.886. The Morgan fingerprint density at radius 2 is 2.06 bits per heavy atom. The van der Waals surface area contributed by atoms with Gasteiger partial charge in [-0.1, -0.05) is 0 Å². The van der Waals surface area contributed by atoms with Crippen molar-refractivity contribution in [2.75, 3.05) is 6.54 Å². The zero-order chi connectivity index (χ0) is 13.2. The third kappa shape index (κ3) is 2.68. The molecule has 1 atom stereocenters. The SMILES string of the molecule is C[C@H](CN)NC(=O)c1cc(F)c(F)c(O)c1F. The number of carbonyl (C=O) groups excluding carboxylic acids is 1. The Bertz CT molecular complexity index is 452. The fourth-order valence-electron chi connectivity index (χ4n) is 1.12. The van der Waals surface area contributed by atoms with Crippen molar-refractivity contribution in [3.8, 4) is 5.75 Å². The Hall–Kier alpha value is -1.76. The summed E-state index contributed by atoms with van der Waals surface area (Å²) in [6, 6.07) is -0.0830. The smallest absolute Gasteiger partial charge is 0.254 e. The van der Waals surface area contributed by atoms with E-state index in [0.717, 1.165) is 0 Å². The van der Waals surface area contributed by atoms with Crippen molar-refractivity contribution in [3.05, 3.63) is 29.1 Å². The van der Waals surface area contributed by atoms with E-state index in [1.807, 2.05) is 0 Å². The normalized spacial score (nSPS) is 12.3. The molecule has 0 radical (unpaired) electrons. The average molecular weight is 248 g/mol. The van der Waals surface area contributed by atoms with Crippen molar-refractivity contribution >= 4 is 5.91 Å². The second-order valence-electron chi connectivity index (χ2n) is 3.49. The number of phenols is 1. The van der Waals surface area contributed by atoms with Crippen molar-refractivity contribution in [2.45, 2.75) is 13.0 Å². The second kappa shape index (κ2) is 5.05. The highest BCUT2D eigenvalue weighted by Gasteiger charge is 2.22. The van der Waals surface area contributed by atoms with Crippen LogP contribution in [-0.2, 0) is 0 Å². The highest BCUT2D eigenvalue weighted by molar-refractivity contribution is 5.95. The first-order valence-electron chi connectivity index (χ1n) is 4.75. The number of carbonyl (C=O) groups is 1. The van der Waals surface area contributed by atoms with Gasteiger partial charge in [0.1, 0.15) is 0 Å². The van der Waals surface area contributed by atoms with Gasteiger partial charge >= 0.3 is 0 Å². The number of rotatable bonds is 3. The Morgan fingerprint density at radius 3 is 2.59 bits per heavy atom. The molecule has 1 amide bonds. The molecule has 0 bridgehead atoms. The lowest BCUT2D eigenvalue weighted by atomic mass is 10.1. The second-order valence-corrected chi connectivity index (χ2v) is 3.49. The first-order chi connectivity index (χ1) is 7.88. The van der Waals surface area contributed by atoms with E-state index in [9.17, 15) is 18.0 Å². The van der Waals surface area contributed by atoms with Crippen LogP contribution in [0.2, 0.25) is 0 Å². The molecule has 7 heteroatoms. The van der Waals surface area contributed by atoms with E-state index in [1.165, 1.54) is 0 Å². The van der Waals surface area contributed by atoms with E-state index in [-0.39, 0.29) is 6.54 Å². The summed E-state index contributed by atoms with van der Waals surface area (Å²) in [6.45, 7) is 1.65. The van der Waals surface area contributed by atoms with Gasteiger partial charge in [0.25, 0.3) is 5.91 Å². The number of hydrogen-bond acceptors (Lipinski definition) is 3. The van der Waals surface area contributed by atoms with Crippen molar-refractivity contribution < 1.29 is 23.1 Å². The highest BCUT2D eigenvalue weighted by atomic mass is 19.2. The summed E-state index contributed by atoms with van der Waals surface area (Å²) in [4.78, 5) is 11.4. The van der Waals surface area contributed by atoms with Crippen LogP contribution in [-0.4, -0.2) is 23.6 Å². The fraction of sp³-hybridized carbons (Fsp3) is 0.300. The fourth-order valence-corrected chi connectivity index (χ4v) is 1.12. The van der Waals surface area contributed by atoms with Gasteiger partial charge in [0.05, 0.1) is 5.56 Å². The molecule has 1 rings (SSSR count). The van der Waals surface area contributed by atoms with E-state index in [0.29, 0.717) is 6.07 Å². The standard InChI is InChI=1S/C10H11F3N2O2/c1-4(3-14)15-10(17)5-2-6(11)8(13)9(16)7(5)12/h2,4,16H,3,14H2,1H3,(H,15,17)/t4-/m1/s1. The van der Waals surface area contributed by atoms with Gasteiger partial charge in [-0.15, -0.1) is 0 Å². The van der Waals surface area contributed by atoms with Gasteiger partial charge in [-0.3, -0.25) is 4.79 Å². The van der Waals surface area contributed by atoms with E-state index >= 15 is 0 Å². The highest BCUT2D eigenvalue weighted by Crippen LogP contribution is 2.25. The molecule has 4 N–H and O–H groups in total. The van der Waals surface area contributed by atoms with Crippen LogP contribution in [0.15, 0.2) is 6.07 Å². The zero-order valence-electron chi connectivity index (χ0n) is 8.93. The molecule has 0 fully saturated rings. The molecule has 0 spiro atoms. The quantitative estimate of drug-likeness (QED) is 0.695. The van der Waals surface area contributed by atoms with Gasteiger partial charge in [-0.2, -0.15) is 4.39 Å². The number of aromatic hydroxyl groups is 1. The number of amides is 1. The monoisotopic (exact) mass is 248 g/mol. The molecule has 1 aromatic carbocycles. The Kier molecular flexibility index (Phi) is 3.95. The lowest BCUT2D eigenvalue weighted by Crippen LogP contribution is -2.38. The summed E-state index contributed by atoms with van der Waals surface area (Å²) in [6.07, 6.45) is 0. The summed E-state index contributed by atoms with van der Waals surface area (Å²) in [5.41, 5.74) is 4.45. The lowest BCUT2D eigenvalue weighted by Gasteiger charge is -2.12. The number of nitrogens with one attached hydrogen (secondary N) is 1. The van der Waals surface area contributed by atoms with E-state index in [2.05, 4.69) is 5.32 Å². The van der Waals surface area contributed by atoms with Crippen LogP contribution in [0.3, 0.4) is 0 Å². The molecule has 0 unspecified atom stereocenters. The molecule has 94 valence electrons. The van der Waals surface area contributed by atoms with Gasteiger partial charge in [0, 0.05) is 12.6 Å². The maximum atomic E-state index is 13.3. The van der Waals surface area contributed by atoms with Crippen LogP contribution in [0.25, 0.3) is 0 Å². The lowest BCUT2D eigenvalue weighted by molar-refractivity contribution is 0.0935. The molecule has 0 aliphatic heterocycles. The van der Waals surface area contributed by atoms with Crippen LogP contribution in [0.1, 0.15) is 17.3 Å². The number of benzene rings is 1. The summed E-state index contributed by atoms with van der Waals surface area (Å²) < 4.78 is 38.9. The van der Waals surface area contributed by atoms with Crippen LogP contribution < -0.4 is 11.1 Å². The summed E-state index contributed by atoms with van der Waals surface area (Å²) in [7, 11) is 0. The van der Waals surface area contributed by atoms with E-state index in [4.69, 9.17) is 10.8 Å². The number of phenolic OH excluding ortho intramolecular Hbond substituents is 1. The molecule has 0 aromatic heterocycles. The van der Waals surface area contributed by atoms with Gasteiger partial charge < -0.3 is 16.2 Å². The van der Waals surface area contributed by atoms with Crippen molar-refractivity contribution in [2.24, 2.45) is 5.73 Å². The minimum absolute atomic E-state index is 0.100. The van der Waals surface area contributed by atoms with Gasteiger partial charge in [-0.05, 0) is 13.0 Å². The molecule has 0 saturated carbocycles. The number of nitrogens with two attached hydrogens (primary N) is 1. The number of hydrogen-bond donors (Lipinski definition) is 3. The summed E-state index contributed by atoms with van der Waals surface area (Å²) >= 11 is 0. The van der Waals surface area contributed by atoms with E-state index < -0.39 is 40.7 Å². The Morgan fingerprint density at radius 1 is 1.47 bits per heavy atom. The third-order valence-corrected chi connectivity index (χ3v) is 2.11. The predicted molar refractivity (Wildman–Crippen MR) is 54.0 cm³/mol. The van der Waals surface area contributed by atoms with Gasteiger partial charge in [0.15, 0.2) is 17.4 Å². The third-order valence-electron chi connectivity index (χ3n) is 2.11. The number of halogens is 3. The molecule has 0 aliphatic rings. The first-order valence-corrected chi connectivity index (χ1v) is 4.75. The van der Waals surface area contributed by atoms with Crippen LogP contribution in [0, 0.1) is 17.5 Å². The van der Waals surface area contributed by atoms with Gasteiger partial charge in [-0.25, -0.2) is 8.78 Å². The Labute approximate surface area is 95.2 Å². The van der Waals surface area contributed by atoms with Crippen LogP contribution >= 0.6 is 0 Å². The molecule has 1 aromatic rings. The maximum absolute atomic E-state index is 13.3. The average Bonchev–Trinajstić information content (AvgIpc) is 2.30. The molecule has 0 heterocycles. The topological polar surface area (TPSA) is 75.3 Å². The van der Waals surface area contributed by atoms with Crippen LogP contribution in [0.5, 0.6) is 5.75 Å². The van der Waals surface area contributed by atoms with Crippen molar-refractivity contribution in [1.29, 1.82) is 0 Å². The van der Waals surface area contributed by atoms with Gasteiger partial charge in [0.2, 0.25) is 5.82 Å². The summed E-state index contributed by atoms with van der Waals surface area (Å²) in [5, 5.41) is 11.2. The molecule has 0 saturated heterocycles. The molecular weight excluding hydrogens is 237 g/mol. The van der Waals surface area contributed by atoms with E-state index in [1.54, 1.807) is 6.92 Å². The zero-order valence-corrected chi connectivity index (χ0v) is 8.93. The largest absolute Gasteiger partial charge is 0.503 e. The molecule has 17 heavy (non-hydrogen) atoms. The minimum Gasteiger partial charge on any atom is -0.503 e. The first kappa shape index (κ1) is 13.3. The molecule has 4 nitrogen and oxygen atoms in total.